The van der Waals surface area contributed by atoms with E-state index in [2.05, 4.69) is 10.2 Å². The van der Waals surface area contributed by atoms with Gasteiger partial charge >= 0.3 is 0 Å². The maximum absolute atomic E-state index is 5.33. The van der Waals surface area contributed by atoms with E-state index in [4.69, 9.17) is 10.5 Å². The zero-order chi connectivity index (χ0) is 7.40. The molecular weight excluding hydrogens is 130 g/mol. The molecule has 0 saturated carbocycles. The molecule has 0 aliphatic carbocycles. The van der Waals surface area contributed by atoms with Gasteiger partial charge in [0.15, 0.2) is 0 Å². The molecule has 0 spiro atoms. The molecule has 0 unspecified atom stereocenters. The fraction of sp³-hybridized carbons (Fsp3) is 0.667. The summed E-state index contributed by atoms with van der Waals surface area (Å²) in [7, 11) is 1.64. The van der Waals surface area contributed by atoms with Crippen molar-refractivity contribution < 1.29 is 4.74 Å². The SMILES string of the molecule is COC[C@H]1C=C(CN)N=N1. The van der Waals surface area contributed by atoms with Crippen molar-refractivity contribution in [1.29, 1.82) is 0 Å². The molecule has 4 nitrogen and oxygen atoms in total. The van der Waals surface area contributed by atoms with Gasteiger partial charge in [0.1, 0.15) is 6.04 Å². The molecule has 0 aromatic carbocycles. The molecule has 0 aromatic rings. The zero-order valence-electron chi connectivity index (χ0n) is 5.95. The number of azo groups is 1. The van der Waals surface area contributed by atoms with Crippen LogP contribution < -0.4 is 5.73 Å². The van der Waals surface area contributed by atoms with Gasteiger partial charge in [0.05, 0.1) is 12.3 Å². The van der Waals surface area contributed by atoms with E-state index in [1.165, 1.54) is 0 Å². The minimum atomic E-state index is 0.0866. The van der Waals surface area contributed by atoms with E-state index in [0.717, 1.165) is 5.70 Å². The third-order valence-corrected chi connectivity index (χ3v) is 1.27. The summed E-state index contributed by atoms with van der Waals surface area (Å²) in [5.41, 5.74) is 6.18. The lowest BCUT2D eigenvalue weighted by atomic mass is 10.3. The van der Waals surface area contributed by atoms with Gasteiger partial charge in [0, 0.05) is 13.7 Å². The minimum absolute atomic E-state index is 0.0866. The van der Waals surface area contributed by atoms with Crippen LogP contribution in [0.25, 0.3) is 0 Å². The van der Waals surface area contributed by atoms with Gasteiger partial charge in [-0.2, -0.15) is 10.2 Å². The van der Waals surface area contributed by atoms with Gasteiger partial charge in [-0.25, -0.2) is 0 Å². The van der Waals surface area contributed by atoms with Crippen LogP contribution in [0.4, 0.5) is 0 Å². The summed E-state index contributed by atoms with van der Waals surface area (Å²) in [5, 5.41) is 7.74. The molecule has 1 aliphatic heterocycles. The lowest BCUT2D eigenvalue weighted by Gasteiger charge is -1.97. The van der Waals surface area contributed by atoms with Gasteiger partial charge in [0.2, 0.25) is 0 Å². The van der Waals surface area contributed by atoms with Crippen molar-refractivity contribution in [2.45, 2.75) is 6.04 Å². The molecule has 0 fully saturated rings. The van der Waals surface area contributed by atoms with Gasteiger partial charge in [0.25, 0.3) is 0 Å². The molecule has 1 atom stereocenters. The summed E-state index contributed by atoms with van der Waals surface area (Å²) in [4.78, 5) is 0. The number of ether oxygens (including phenoxy) is 1. The third kappa shape index (κ3) is 1.62. The first kappa shape index (κ1) is 7.37. The Labute approximate surface area is 59.8 Å². The standard InChI is InChI=1S/C6H11N3O/c1-10-4-6-2-5(3-7)8-9-6/h2,6H,3-4,7H2,1H3/t6-/m1/s1. The molecule has 10 heavy (non-hydrogen) atoms. The van der Waals surface area contributed by atoms with E-state index in [-0.39, 0.29) is 6.04 Å². The monoisotopic (exact) mass is 141 g/mol. The molecule has 56 valence electrons. The second-order valence-electron chi connectivity index (χ2n) is 2.10. The van der Waals surface area contributed by atoms with Crippen LogP contribution in [0.3, 0.4) is 0 Å². The quantitative estimate of drug-likeness (QED) is 0.614. The van der Waals surface area contributed by atoms with Crippen LogP contribution in [0.1, 0.15) is 0 Å². The van der Waals surface area contributed by atoms with E-state index in [1.54, 1.807) is 7.11 Å². The Hall–Kier alpha value is -0.740. The van der Waals surface area contributed by atoms with E-state index >= 15 is 0 Å². The summed E-state index contributed by atoms with van der Waals surface area (Å²) in [5.74, 6) is 0. The van der Waals surface area contributed by atoms with Crippen molar-refractivity contribution >= 4 is 0 Å². The maximum Gasteiger partial charge on any atom is 0.115 e. The van der Waals surface area contributed by atoms with Crippen LogP contribution in [0.15, 0.2) is 22.0 Å². The summed E-state index contributed by atoms with van der Waals surface area (Å²) in [6.07, 6.45) is 1.92. The summed E-state index contributed by atoms with van der Waals surface area (Å²) in [6, 6.07) is 0.0866. The van der Waals surface area contributed by atoms with Crippen molar-refractivity contribution in [3.05, 3.63) is 11.8 Å². The number of nitrogens with two attached hydrogens (primary N) is 1. The number of hydrogen-bond acceptors (Lipinski definition) is 4. The number of methoxy groups -OCH3 is 1. The summed E-state index contributed by atoms with van der Waals surface area (Å²) in [6.45, 7) is 1.05. The normalized spacial score (nSPS) is 23.4. The molecule has 0 aromatic heterocycles. The summed E-state index contributed by atoms with van der Waals surface area (Å²) < 4.78 is 4.88. The first-order chi connectivity index (χ1) is 4.86. The Morgan fingerprint density at radius 2 is 2.60 bits per heavy atom. The number of rotatable bonds is 3. The first-order valence-corrected chi connectivity index (χ1v) is 3.17. The van der Waals surface area contributed by atoms with E-state index < -0.39 is 0 Å². The molecule has 0 amide bonds. The second-order valence-corrected chi connectivity index (χ2v) is 2.10. The Morgan fingerprint density at radius 3 is 3.10 bits per heavy atom. The summed E-state index contributed by atoms with van der Waals surface area (Å²) >= 11 is 0. The average molecular weight is 141 g/mol. The molecule has 0 saturated heterocycles. The zero-order valence-corrected chi connectivity index (χ0v) is 5.95. The Balaban J connectivity index is 2.41. The highest BCUT2D eigenvalue weighted by Gasteiger charge is 2.09. The van der Waals surface area contributed by atoms with Gasteiger partial charge in [-0.1, -0.05) is 0 Å². The van der Waals surface area contributed by atoms with Gasteiger partial charge < -0.3 is 10.5 Å². The molecular formula is C6H11N3O. The lowest BCUT2D eigenvalue weighted by molar-refractivity contribution is 0.192. The molecule has 4 heteroatoms. The van der Waals surface area contributed by atoms with Crippen molar-refractivity contribution in [3.8, 4) is 0 Å². The third-order valence-electron chi connectivity index (χ3n) is 1.27. The van der Waals surface area contributed by atoms with Crippen molar-refractivity contribution in [2.75, 3.05) is 20.3 Å². The van der Waals surface area contributed by atoms with Gasteiger partial charge in [-0.3, -0.25) is 0 Å². The molecule has 1 rings (SSSR count). The molecule has 0 radical (unpaired) electrons. The average Bonchev–Trinajstić information content (AvgIpc) is 2.37. The van der Waals surface area contributed by atoms with Crippen molar-refractivity contribution in [3.63, 3.8) is 0 Å². The largest absolute Gasteiger partial charge is 0.382 e. The van der Waals surface area contributed by atoms with Crippen molar-refractivity contribution in [2.24, 2.45) is 16.0 Å². The highest BCUT2D eigenvalue weighted by Crippen LogP contribution is 2.10. The van der Waals surface area contributed by atoms with Crippen LogP contribution in [0.5, 0.6) is 0 Å². The maximum atomic E-state index is 5.33. The van der Waals surface area contributed by atoms with Crippen LogP contribution >= 0.6 is 0 Å². The molecule has 2 N–H and O–H groups in total. The van der Waals surface area contributed by atoms with Gasteiger partial charge in [-0.05, 0) is 6.08 Å². The van der Waals surface area contributed by atoms with Crippen LogP contribution in [-0.4, -0.2) is 26.3 Å². The van der Waals surface area contributed by atoms with Crippen LogP contribution in [-0.2, 0) is 4.74 Å². The fourth-order valence-corrected chi connectivity index (χ4v) is 0.798. The Kier molecular flexibility index (Phi) is 2.53. The topological polar surface area (TPSA) is 60.0 Å². The predicted octanol–water partition coefficient (Wildman–Crippen LogP) is 0.310. The van der Waals surface area contributed by atoms with Crippen molar-refractivity contribution in [1.82, 2.24) is 0 Å². The first-order valence-electron chi connectivity index (χ1n) is 3.17. The fourth-order valence-electron chi connectivity index (χ4n) is 0.798. The lowest BCUT2D eigenvalue weighted by Crippen LogP contribution is -2.06. The minimum Gasteiger partial charge on any atom is -0.382 e. The van der Waals surface area contributed by atoms with E-state index in [0.29, 0.717) is 13.2 Å². The van der Waals surface area contributed by atoms with E-state index in [9.17, 15) is 0 Å². The highest BCUT2D eigenvalue weighted by atomic mass is 16.5. The Bertz CT molecular complexity index is 164. The molecule has 1 heterocycles. The molecule has 1 aliphatic rings. The smallest absolute Gasteiger partial charge is 0.115 e. The van der Waals surface area contributed by atoms with E-state index in [1.807, 2.05) is 6.08 Å². The Morgan fingerprint density at radius 1 is 1.80 bits per heavy atom. The van der Waals surface area contributed by atoms with Crippen LogP contribution in [0, 0.1) is 0 Å². The predicted molar refractivity (Wildman–Crippen MR) is 37.7 cm³/mol. The van der Waals surface area contributed by atoms with Crippen LogP contribution in [0.2, 0.25) is 0 Å². The number of hydrogen-bond donors (Lipinski definition) is 1. The highest BCUT2D eigenvalue weighted by molar-refractivity contribution is 5.10. The number of nitrogens with zero attached hydrogens (tertiary/aromatic N) is 2. The second kappa shape index (κ2) is 3.43. The molecule has 0 bridgehead atoms. The van der Waals surface area contributed by atoms with Gasteiger partial charge in [-0.15, -0.1) is 0 Å².